The van der Waals surface area contributed by atoms with Crippen LogP contribution < -0.4 is 9.64 Å². The quantitative estimate of drug-likeness (QED) is 0.629. The number of amides is 1. The minimum absolute atomic E-state index is 0.0737. The van der Waals surface area contributed by atoms with Crippen molar-refractivity contribution in [2.24, 2.45) is 0 Å². The summed E-state index contributed by atoms with van der Waals surface area (Å²) in [5, 5.41) is 0.533. The summed E-state index contributed by atoms with van der Waals surface area (Å²) in [6, 6.07) is 7.89. The highest BCUT2D eigenvalue weighted by atomic mass is 32.1. The second-order valence-electron chi connectivity index (χ2n) is 5.26. The molecule has 0 bridgehead atoms. The summed E-state index contributed by atoms with van der Waals surface area (Å²) in [6.45, 7) is 5.33. The predicted molar refractivity (Wildman–Crippen MR) is 94.0 cm³/mol. The molecule has 0 spiro atoms. The van der Waals surface area contributed by atoms with E-state index in [2.05, 4.69) is 11.8 Å². The lowest BCUT2D eigenvalue weighted by atomic mass is 10.3. The van der Waals surface area contributed by atoms with Gasteiger partial charge in [-0.15, -0.1) is 0 Å². The Labute approximate surface area is 141 Å². The molecule has 0 N–H and O–H groups in total. The van der Waals surface area contributed by atoms with Crippen LogP contribution in [0.3, 0.4) is 0 Å². The number of anilines is 1. The molecule has 1 saturated heterocycles. The zero-order valence-corrected chi connectivity index (χ0v) is 14.3. The highest BCUT2D eigenvalue weighted by Crippen LogP contribution is 2.38. The number of rotatable bonds is 3. The summed E-state index contributed by atoms with van der Waals surface area (Å²) in [4.78, 5) is 17.8. The first kappa shape index (κ1) is 15.6. The maximum atomic E-state index is 12.4. The van der Waals surface area contributed by atoms with Crippen molar-refractivity contribution < 1.29 is 9.53 Å². The number of allylic oxidation sites excluding steroid dienone is 2. The van der Waals surface area contributed by atoms with Gasteiger partial charge in [0.25, 0.3) is 5.91 Å². The van der Waals surface area contributed by atoms with Crippen LogP contribution in [0.25, 0.3) is 0 Å². The third-order valence-electron chi connectivity index (χ3n) is 4.00. The smallest absolute Gasteiger partial charge is 0.276 e. The van der Waals surface area contributed by atoms with Gasteiger partial charge < -0.3 is 14.5 Å². The van der Waals surface area contributed by atoms with Crippen LogP contribution in [-0.2, 0) is 4.79 Å². The van der Waals surface area contributed by atoms with E-state index in [1.54, 1.807) is 15.9 Å². The maximum Gasteiger partial charge on any atom is 0.276 e. The number of para-hydroxylation sites is 2. The van der Waals surface area contributed by atoms with Crippen molar-refractivity contribution in [3.05, 3.63) is 48.0 Å². The number of carbonyl (C=O) groups is 1. The van der Waals surface area contributed by atoms with E-state index in [1.165, 1.54) is 0 Å². The molecule has 23 heavy (non-hydrogen) atoms. The van der Waals surface area contributed by atoms with Crippen molar-refractivity contribution in [2.75, 3.05) is 25.0 Å². The topological polar surface area (TPSA) is 36.0 Å². The van der Waals surface area contributed by atoms with E-state index >= 15 is 0 Å². The Balaban J connectivity index is 1.91. The summed E-state index contributed by atoms with van der Waals surface area (Å²) in [6.07, 6.45) is 3.60. The molecule has 1 amide bonds. The van der Waals surface area contributed by atoms with Crippen LogP contribution in [0, 0.1) is 0 Å². The largest absolute Gasteiger partial charge is 0.439 e. The molecule has 0 atom stereocenters. The Hall–Kier alpha value is -2.34. The van der Waals surface area contributed by atoms with Crippen molar-refractivity contribution >= 4 is 28.9 Å². The van der Waals surface area contributed by atoms with Crippen LogP contribution in [0.2, 0.25) is 0 Å². The van der Waals surface area contributed by atoms with Crippen LogP contribution in [0.1, 0.15) is 13.8 Å². The molecule has 6 heteroatoms. The van der Waals surface area contributed by atoms with Crippen LogP contribution in [0.4, 0.5) is 5.69 Å². The van der Waals surface area contributed by atoms with Crippen molar-refractivity contribution in [3.8, 4) is 5.75 Å². The number of likely N-dealkylation sites (N-methyl/N-ethyl adjacent to an activating group) is 2. The average Bonchev–Trinajstić information content (AvgIpc) is 3.01. The van der Waals surface area contributed by atoms with Crippen LogP contribution >= 0.6 is 12.2 Å². The minimum Gasteiger partial charge on any atom is -0.439 e. The Morgan fingerprint density at radius 3 is 2.48 bits per heavy atom. The highest BCUT2D eigenvalue weighted by Gasteiger charge is 2.34. The molecular weight excluding hydrogens is 310 g/mol. The van der Waals surface area contributed by atoms with Gasteiger partial charge in [0.2, 0.25) is 5.88 Å². The third-order valence-corrected chi connectivity index (χ3v) is 4.49. The van der Waals surface area contributed by atoms with Gasteiger partial charge in [-0.3, -0.25) is 9.69 Å². The number of ether oxygens (including phenoxy) is 1. The number of nitrogens with zero attached hydrogens (tertiary/aromatic N) is 3. The first-order valence-corrected chi connectivity index (χ1v) is 8.05. The van der Waals surface area contributed by atoms with Gasteiger partial charge in [0.05, 0.1) is 5.69 Å². The fourth-order valence-electron chi connectivity index (χ4n) is 2.77. The Morgan fingerprint density at radius 2 is 1.83 bits per heavy atom. The Morgan fingerprint density at radius 1 is 1.13 bits per heavy atom. The standard InChI is InChI=1S/C17H19N3O2S/c1-4-19-12-8-6-7-9-14(12)22-15(19)11-10-13-16(21)20(5-2)17(23)18(13)3/h6-11H,4-5H2,1-3H3. The molecule has 0 radical (unpaired) electrons. The second-order valence-corrected chi connectivity index (χ2v) is 5.63. The van der Waals surface area contributed by atoms with Gasteiger partial charge in [-0.05, 0) is 44.3 Å². The highest BCUT2D eigenvalue weighted by molar-refractivity contribution is 7.80. The summed E-state index contributed by atoms with van der Waals surface area (Å²) < 4.78 is 5.89. The average molecular weight is 329 g/mol. The van der Waals surface area contributed by atoms with Crippen molar-refractivity contribution in [3.63, 3.8) is 0 Å². The van der Waals surface area contributed by atoms with Crippen molar-refractivity contribution in [1.29, 1.82) is 0 Å². The van der Waals surface area contributed by atoms with Gasteiger partial charge in [-0.25, -0.2) is 0 Å². The summed E-state index contributed by atoms with van der Waals surface area (Å²) in [5.74, 6) is 1.47. The molecule has 0 unspecified atom stereocenters. The monoisotopic (exact) mass is 329 g/mol. The molecule has 2 aliphatic heterocycles. The molecule has 0 aromatic heterocycles. The van der Waals surface area contributed by atoms with Crippen LogP contribution in [0.15, 0.2) is 48.0 Å². The molecule has 1 fully saturated rings. The number of benzene rings is 1. The van der Waals surface area contributed by atoms with Gasteiger partial charge in [0.15, 0.2) is 10.9 Å². The molecule has 5 nitrogen and oxygen atoms in total. The minimum atomic E-state index is -0.0737. The molecule has 2 aliphatic rings. The predicted octanol–water partition coefficient (Wildman–Crippen LogP) is 2.71. The SMILES string of the molecule is CCN1C(=O)C(=CC=C2Oc3ccccc3N2CC)N(C)C1=S. The van der Waals surface area contributed by atoms with E-state index in [-0.39, 0.29) is 5.91 Å². The molecule has 3 rings (SSSR count). The fourth-order valence-corrected chi connectivity index (χ4v) is 3.08. The third kappa shape index (κ3) is 2.49. The van der Waals surface area contributed by atoms with Crippen LogP contribution in [0.5, 0.6) is 5.75 Å². The van der Waals surface area contributed by atoms with E-state index in [4.69, 9.17) is 17.0 Å². The van der Waals surface area contributed by atoms with Crippen LogP contribution in [-0.4, -0.2) is 41.0 Å². The number of carbonyl (C=O) groups excluding carboxylic acids is 1. The molecule has 2 heterocycles. The summed E-state index contributed by atoms with van der Waals surface area (Å²) >= 11 is 5.30. The van der Waals surface area contributed by atoms with E-state index < -0.39 is 0 Å². The van der Waals surface area contributed by atoms with E-state index in [9.17, 15) is 4.79 Å². The molecular formula is C17H19N3O2S. The van der Waals surface area contributed by atoms with E-state index in [0.29, 0.717) is 23.2 Å². The van der Waals surface area contributed by atoms with Gasteiger partial charge in [-0.1, -0.05) is 12.1 Å². The van der Waals surface area contributed by atoms with Crippen molar-refractivity contribution in [2.45, 2.75) is 13.8 Å². The van der Waals surface area contributed by atoms with Gasteiger partial charge >= 0.3 is 0 Å². The normalized spacial score (nSPS) is 20.7. The van der Waals surface area contributed by atoms with Gasteiger partial charge in [-0.2, -0.15) is 0 Å². The lowest BCUT2D eigenvalue weighted by Gasteiger charge is -2.15. The molecule has 1 aromatic rings. The Bertz CT molecular complexity index is 726. The maximum absolute atomic E-state index is 12.4. The zero-order valence-electron chi connectivity index (χ0n) is 13.4. The van der Waals surface area contributed by atoms with E-state index in [1.807, 2.05) is 44.3 Å². The Kier molecular flexibility index (Phi) is 4.09. The van der Waals surface area contributed by atoms with Gasteiger partial charge in [0, 0.05) is 26.2 Å². The number of fused-ring (bicyclic) bond motifs is 1. The first-order chi connectivity index (χ1) is 11.1. The molecule has 0 aliphatic carbocycles. The molecule has 120 valence electrons. The molecule has 0 saturated carbocycles. The first-order valence-electron chi connectivity index (χ1n) is 7.64. The second kappa shape index (κ2) is 6.04. The molecule has 1 aromatic carbocycles. The van der Waals surface area contributed by atoms with Crippen molar-refractivity contribution in [1.82, 2.24) is 9.80 Å². The van der Waals surface area contributed by atoms with Gasteiger partial charge in [0.1, 0.15) is 5.70 Å². The fraction of sp³-hybridized carbons (Fsp3) is 0.294. The lowest BCUT2D eigenvalue weighted by molar-refractivity contribution is -0.122. The number of hydrogen-bond donors (Lipinski definition) is 0. The summed E-state index contributed by atoms with van der Waals surface area (Å²) in [5.41, 5.74) is 1.59. The summed E-state index contributed by atoms with van der Waals surface area (Å²) in [7, 11) is 1.81. The lowest BCUT2D eigenvalue weighted by Crippen LogP contribution is -2.30. The van der Waals surface area contributed by atoms with E-state index in [0.717, 1.165) is 18.0 Å². The number of thiocarbonyl (C=S) groups is 1. The zero-order chi connectivity index (χ0) is 16.6. The number of hydrogen-bond acceptors (Lipinski definition) is 4.